The van der Waals surface area contributed by atoms with Gasteiger partial charge in [0.2, 0.25) is 5.88 Å². The molecule has 0 spiro atoms. The van der Waals surface area contributed by atoms with Gasteiger partial charge in [0.15, 0.2) is 0 Å². The second-order valence-corrected chi connectivity index (χ2v) is 2.89. The van der Waals surface area contributed by atoms with Gasteiger partial charge in [0, 0.05) is 18.2 Å². The number of carbonyl (C=O) groups excluding carboxylic acids is 1. The van der Waals surface area contributed by atoms with E-state index in [9.17, 15) is 4.79 Å². The van der Waals surface area contributed by atoms with Crippen LogP contribution in [0.1, 0.15) is 12.0 Å². The van der Waals surface area contributed by atoms with Crippen LogP contribution in [0.3, 0.4) is 0 Å². The van der Waals surface area contributed by atoms with E-state index >= 15 is 0 Å². The summed E-state index contributed by atoms with van der Waals surface area (Å²) in [5.74, 6) is 0.495. The number of hydrogen-bond donors (Lipinski definition) is 0. The summed E-state index contributed by atoms with van der Waals surface area (Å²) in [4.78, 5) is 14.2. The molecule has 0 amide bonds. The number of halogens is 1. The monoisotopic (exact) mass is 199 g/mol. The number of aromatic nitrogens is 1. The van der Waals surface area contributed by atoms with Crippen molar-refractivity contribution in [3.63, 3.8) is 0 Å². The van der Waals surface area contributed by atoms with Crippen LogP contribution < -0.4 is 4.74 Å². The van der Waals surface area contributed by atoms with Crippen molar-refractivity contribution in [3.05, 3.63) is 22.8 Å². The predicted molar refractivity (Wildman–Crippen MR) is 50.2 cm³/mol. The molecule has 0 saturated heterocycles. The second kappa shape index (κ2) is 4.82. The van der Waals surface area contributed by atoms with Crippen LogP contribution in [0.25, 0.3) is 0 Å². The normalized spacial score (nSPS) is 9.69. The number of methoxy groups -OCH3 is 1. The van der Waals surface area contributed by atoms with Gasteiger partial charge in [0.05, 0.1) is 12.1 Å². The van der Waals surface area contributed by atoms with Crippen molar-refractivity contribution >= 4 is 17.9 Å². The molecule has 1 aromatic rings. The molecule has 0 radical (unpaired) electrons. The van der Waals surface area contributed by atoms with E-state index in [1.165, 1.54) is 7.11 Å². The largest absolute Gasteiger partial charge is 0.481 e. The molecule has 0 aromatic carbocycles. The molecule has 13 heavy (non-hydrogen) atoms. The lowest BCUT2D eigenvalue weighted by Gasteiger charge is -2.06. The van der Waals surface area contributed by atoms with E-state index in [4.69, 9.17) is 16.3 Å². The third kappa shape index (κ3) is 2.42. The molecule has 1 aromatic heterocycles. The molecule has 70 valence electrons. The summed E-state index contributed by atoms with van der Waals surface area (Å²) in [5.41, 5.74) is 0.791. The SMILES string of the molecule is COc1nccc(Cl)c1CCC=O. The molecule has 0 fully saturated rings. The average Bonchev–Trinajstić information content (AvgIpc) is 2.15. The smallest absolute Gasteiger partial charge is 0.217 e. The lowest BCUT2D eigenvalue weighted by molar-refractivity contribution is -0.107. The zero-order valence-electron chi connectivity index (χ0n) is 7.29. The number of pyridine rings is 1. The van der Waals surface area contributed by atoms with Gasteiger partial charge in [-0.25, -0.2) is 4.98 Å². The highest BCUT2D eigenvalue weighted by atomic mass is 35.5. The zero-order chi connectivity index (χ0) is 9.68. The van der Waals surface area contributed by atoms with Gasteiger partial charge >= 0.3 is 0 Å². The van der Waals surface area contributed by atoms with Crippen molar-refractivity contribution in [2.75, 3.05) is 7.11 Å². The Morgan fingerprint density at radius 2 is 2.46 bits per heavy atom. The molecule has 0 N–H and O–H groups in total. The summed E-state index contributed by atoms with van der Waals surface area (Å²) in [5, 5.41) is 0.591. The third-order valence-corrected chi connectivity index (χ3v) is 2.02. The number of hydrogen-bond acceptors (Lipinski definition) is 3. The van der Waals surface area contributed by atoms with Gasteiger partial charge in [0.25, 0.3) is 0 Å². The first-order valence-electron chi connectivity index (χ1n) is 3.90. The molecule has 1 rings (SSSR count). The molecule has 3 nitrogen and oxygen atoms in total. The zero-order valence-corrected chi connectivity index (χ0v) is 8.04. The van der Waals surface area contributed by atoms with Crippen LogP contribution in [0.5, 0.6) is 5.88 Å². The molecule has 4 heteroatoms. The summed E-state index contributed by atoms with van der Waals surface area (Å²) >= 11 is 5.91. The Morgan fingerprint density at radius 1 is 1.69 bits per heavy atom. The lowest BCUT2D eigenvalue weighted by Crippen LogP contribution is -1.96. The number of carbonyl (C=O) groups is 1. The van der Waals surface area contributed by atoms with Crippen LogP contribution >= 0.6 is 11.6 Å². The highest BCUT2D eigenvalue weighted by Gasteiger charge is 2.07. The molecule has 0 aliphatic carbocycles. The van der Waals surface area contributed by atoms with E-state index in [1.807, 2.05) is 0 Å². The number of ether oxygens (including phenoxy) is 1. The first-order chi connectivity index (χ1) is 6.29. The molecular formula is C9H10ClNO2. The van der Waals surface area contributed by atoms with E-state index in [1.54, 1.807) is 12.3 Å². The van der Waals surface area contributed by atoms with Crippen LogP contribution in [0.2, 0.25) is 5.02 Å². The molecule has 0 atom stereocenters. The minimum Gasteiger partial charge on any atom is -0.481 e. The first kappa shape index (κ1) is 9.99. The topological polar surface area (TPSA) is 39.2 Å². The van der Waals surface area contributed by atoms with E-state index in [2.05, 4.69) is 4.98 Å². The molecule has 0 unspecified atom stereocenters. The Bertz CT molecular complexity index is 302. The van der Waals surface area contributed by atoms with E-state index < -0.39 is 0 Å². The minimum atomic E-state index is 0.432. The maximum absolute atomic E-state index is 10.2. The number of rotatable bonds is 4. The van der Waals surface area contributed by atoms with Crippen molar-refractivity contribution in [3.8, 4) is 5.88 Å². The molecule has 0 saturated carbocycles. The fraction of sp³-hybridized carbons (Fsp3) is 0.333. The van der Waals surface area contributed by atoms with E-state index in [0.717, 1.165) is 11.8 Å². The van der Waals surface area contributed by atoms with Gasteiger partial charge in [0.1, 0.15) is 6.29 Å². The maximum atomic E-state index is 10.2. The highest BCUT2D eigenvalue weighted by molar-refractivity contribution is 6.31. The average molecular weight is 200 g/mol. The minimum absolute atomic E-state index is 0.432. The van der Waals surface area contributed by atoms with Crippen molar-refractivity contribution in [2.24, 2.45) is 0 Å². The van der Waals surface area contributed by atoms with Gasteiger partial charge in [-0.15, -0.1) is 0 Å². The lowest BCUT2D eigenvalue weighted by atomic mass is 10.1. The Morgan fingerprint density at radius 3 is 3.08 bits per heavy atom. The summed E-state index contributed by atoms with van der Waals surface area (Å²) in [6, 6.07) is 1.68. The Kier molecular flexibility index (Phi) is 3.71. The van der Waals surface area contributed by atoms with Gasteiger partial charge in [-0.05, 0) is 12.5 Å². The van der Waals surface area contributed by atoms with Crippen molar-refractivity contribution in [1.29, 1.82) is 0 Å². The molecule has 0 aliphatic heterocycles. The molecule has 1 heterocycles. The summed E-state index contributed by atoms with van der Waals surface area (Å²) < 4.78 is 5.01. The van der Waals surface area contributed by atoms with Gasteiger partial charge in [-0.3, -0.25) is 0 Å². The van der Waals surface area contributed by atoms with Gasteiger partial charge in [-0.1, -0.05) is 11.6 Å². The second-order valence-electron chi connectivity index (χ2n) is 2.49. The molecule has 0 bridgehead atoms. The molecular weight excluding hydrogens is 190 g/mol. The fourth-order valence-corrected chi connectivity index (χ4v) is 1.29. The van der Waals surface area contributed by atoms with Crippen LogP contribution in [-0.4, -0.2) is 18.4 Å². The van der Waals surface area contributed by atoms with Crippen LogP contribution in [0.4, 0.5) is 0 Å². The van der Waals surface area contributed by atoms with Gasteiger partial charge in [-0.2, -0.15) is 0 Å². The first-order valence-corrected chi connectivity index (χ1v) is 4.28. The van der Waals surface area contributed by atoms with Crippen molar-refractivity contribution in [2.45, 2.75) is 12.8 Å². The van der Waals surface area contributed by atoms with Crippen LogP contribution in [-0.2, 0) is 11.2 Å². The summed E-state index contributed by atoms with van der Waals surface area (Å²) in [6.07, 6.45) is 3.43. The third-order valence-electron chi connectivity index (χ3n) is 1.66. The Hall–Kier alpha value is -1.09. The summed E-state index contributed by atoms with van der Waals surface area (Å²) in [7, 11) is 1.53. The van der Waals surface area contributed by atoms with Crippen LogP contribution in [0, 0.1) is 0 Å². The number of aldehydes is 1. The van der Waals surface area contributed by atoms with Crippen molar-refractivity contribution in [1.82, 2.24) is 4.98 Å². The van der Waals surface area contributed by atoms with E-state index in [-0.39, 0.29) is 0 Å². The van der Waals surface area contributed by atoms with Gasteiger partial charge < -0.3 is 9.53 Å². The molecule has 0 aliphatic rings. The van der Waals surface area contributed by atoms with Crippen molar-refractivity contribution < 1.29 is 9.53 Å². The van der Waals surface area contributed by atoms with E-state index in [0.29, 0.717) is 23.7 Å². The predicted octanol–water partition coefficient (Wildman–Crippen LogP) is 1.88. The summed E-state index contributed by atoms with van der Waals surface area (Å²) in [6.45, 7) is 0. The quantitative estimate of drug-likeness (QED) is 0.695. The highest BCUT2D eigenvalue weighted by Crippen LogP contribution is 2.24. The maximum Gasteiger partial charge on any atom is 0.217 e. The standard InChI is InChI=1S/C9H10ClNO2/c1-13-9-7(3-2-6-12)8(10)4-5-11-9/h4-6H,2-3H2,1H3. The number of nitrogens with zero attached hydrogens (tertiary/aromatic N) is 1. The fourth-order valence-electron chi connectivity index (χ4n) is 1.06. The Balaban J connectivity index is 2.93. The van der Waals surface area contributed by atoms with Crippen LogP contribution in [0.15, 0.2) is 12.3 Å². The Labute approximate surface area is 81.7 Å².